The fourth-order valence-electron chi connectivity index (χ4n) is 4.36. The fraction of sp³-hybridized carbons (Fsp3) is 0.765. The summed E-state index contributed by atoms with van der Waals surface area (Å²) in [6.07, 6.45) is 9.14. The normalized spacial score (nSPS) is 29.2. The molecule has 1 saturated carbocycles. The average Bonchev–Trinajstić information content (AvgIpc) is 3.26. The van der Waals surface area contributed by atoms with E-state index in [0.29, 0.717) is 18.3 Å². The maximum atomic E-state index is 12.6. The van der Waals surface area contributed by atoms with Crippen LogP contribution in [0.3, 0.4) is 0 Å². The Hall–Kier alpha value is -1.40. The number of amides is 1. The number of ether oxygens (including phenoxy) is 1. The summed E-state index contributed by atoms with van der Waals surface area (Å²) in [6, 6.07) is 0.358. The highest BCUT2D eigenvalue weighted by atomic mass is 16.5. The van der Waals surface area contributed by atoms with Crippen LogP contribution in [-0.4, -0.2) is 70.2 Å². The molecule has 3 heterocycles. The number of hydrogen-bond donors (Lipinski definition) is 0. The summed E-state index contributed by atoms with van der Waals surface area (Å²) in [5, 5.41) is 0. The van der Waals surface area contributed by atoms with E-state index in [1.165, 1.54) is 32.2 Å². The van der Waals surface area contributed by atoms with E-state index in [2.05, 4.69) is 9.88 Å². The number of imidazole rings is 1. The van der Waals surface area contributed by atoms with Crippen LogP contribution in [0.15, 0.2) is 12.5 Å². The van der Waals surface area contributed by atoms with Gasteiger partial charge in [0.15, 0.2) is 0 Å². The van der Waals surface area contributed by atoms with Crippen LogP contribution in [0.2, 0.25) is 0 Å². The van der Waals surface area contributed by atoms with Crippen molar-refractivity contribution in [3.63, 3.8) is 0 Å². The van der Waals surface area contributed by atoms with Crippen molar-refractivity contribution < 1.29 is 9.53 Å². The molecule has 0 aromatic carbocycles. The monoisotopic (exact) mass is 318 g/mol. The Bertz CT molecular complexity index is 567. The van der Waals surface area contributed by atoms with Crippen molar-refractivity contribution >= 4 is 5.91 Å². The highest BCUT2D eigenvalue weighted by molar-refractivity contribution is 5.92. The highest BCUT2D eigenvalue weighted by Gasteiger charge is 2.42. The molecule has 6 heteroatoms. The molecule has 0 radical (unpaired) electrons. The largest absolute Gasteiger partial charge is 0.373 e. The molecule has 0 unspecified atom stereocenters. The second-order valence-corrected chi connectivity index (χ2v) is 7.26. The summed E-state index contributed by atoms with van der Waals surface area (Å²) in [4.78, 5) is 21.3. The zero-order chi connectivity index (χ0) is 15.8. The topological polar surface area (TPSA) is 50.6 Å². The SMILES string of the molecule is Cn1cnc(C(=O)N2C[C@@H]3OCCN(CC4CCCC4)[C@H]3C2)c1. The minimum absolute atomic E-state index is 0.0319. The molecule has 2 saturated heterocycles. The first kappa shape index (κ1) is 15.1. The van der Waals surface area contributed by atoms with E-state index in [0.717, 1.165) is 25.6 Å². The van der Waals surface area contributed by atoms with Crippen molar-refractivity contribution in [2.75, 3.05) is 32.8 Å². The van der Waals surface area contributed by atoms with Crippen LogP contribution in [0.25, 0.3) is 0 Å². The molecule has 1 aromatic heterocycles. The minimum atomic E-state index is 0.0319. The zero-order valence-electron chi connectivity index (χ0n) is 13.9. The van der Waals surface area contributed by atoms with Crippen molar-refractivity contribution in [3.05, 3.63) is 18.2 Å². The third-order valence-corrected chi connectivity index (χ3v) is 5.60. The summed E-state index contributed by atoms with van der Waals surface area (Å²) in [5.41, 5.74) is 0.536. The number of rotatable bonds is 3. The van der Waals surface area contributed by atoms with Gasteiger partial charge in [-0.2, -0.15) is 0 Å². The van der Waals surface area contributed by atoms with Gasteiger partial charge < -0.3 is 14.2 Å². The first-order chi connectivity index (χ1) is 11.2. The van der Waals surface area contributed by atoms with E-state index < -0.39 is 0 Å². The van der Waals surface area contributed by atoms with Gasteiger partial charge in [0.25, 0.3) is 5.91 Å². The van der Waals surface area contributed by atoms with Gasteiger partial charge in [-0.15, -0.1) is 0 Å². The molecule has 3 aliphatic rings. The van der Waals surface area contributed by atoms with E-state index >= 15 is 0 Å². The third kappa shape index (κ3) is 3.02. The second-order valence-electron chi connectivity index (χ2n) is 7.26. The molecule has 3 fully saturated rings. The van der Waals surface area contributed by atoms with Gasteiger partial charge in [0, 0.05) is 39.4 Å². The first-order valence-corrected chi connectivity index (χ1v) is 8.83. The van der Waals surface area contributed by atoms with Crippen LogP contribution < -0.4 is 0 Å². The number of carbonyl (C=O) groups excluding carboxylic acids is 1. The predicted octanol–water partition coefficient (Wildman–Crippen LogP) is 1.14. The summed E-state index contributed by atoms with van der Waals surface area (Å²) in [7, 11) is 1.89. The van der Waals surface area contributed by atoms with Crippen molar-refractivity contribution in [2.45, 2.75) is 37.8 Å². The standard InChI is InChI=1S/C17H26N4O2/c1-19-9-14(18-12-19)17(22)21-10-15-16(11-21)23-7-6-20(15)8-13-4-2-3-5-13/h9,12-13,15-16H,2-8,10-11H2,1H3/t15-,16-/m0/s1. The van der Waals surface area contributed by atoms with Crippen LogP contribution in [0, 0.1) is 5.92 Å². The molecule has 1 amide bonds. The Morgan fingerprint density at radius 3 is 2.91 bits per heavy atom. The van der Waals surface area contributed by atoms with Crippen molar-refractivity contribution in [1.29, 1.82) is 0 Å². The Morgan fingerprint density at radius 2 is 2.17 bits per heavy atom. The van der Waals surface area contributed by atoms with E-state index in [9.17, 15) is 4.79 Å². The van der Waals surface area contributed by atoms with Crippen LogP contribution in [0.1, 0.15) is 36.2 Å². The number of aromatic nitrogens is 2. The molecular weight excluding hydrogens is 292 g/mol. The molecule has 4 rings (SSSR count). The lowest BCUT2D eigenvalue weighted by atomic mass is 10.0. The van der Waals surface area contributed by atoms with E-state index in [1.54, 1.807) is 12.5 Å². The van der Waals surface area contributed by atoms with Gasteiger partial charge in [0.1, 0.15) is 5.69 Å². The lowest BCUT2D eigenvalue weighted by Gasteiger charge is -2.38. The minimum Gasteiger partial charge on any atom is -0.373 e. The zero-order valence-corrected chi connectivity index (χ0v) is 13.9. The summed E-state index contributed by atoms with van der Waals surface area (Å²) in [5.74, 6) is 0.874. The number of likely N-dealkylation sites (tertiary alicyclic amines) is 1. The molecule has 2 atom stereocenters. The molecule has 1 aromatic rings. The summed E-state index contributed by atoms with van der Waals surface area (Å²) in [6.45, 7) is 4.44. The smallest absolute Gasteiger partial charge is 0.274 e. The van der Waals surface area contributed by atoms with Crippen LogP contribution in [0.4, 0.5) is 0 Å². The second kappa shape index (κ2) is 6.24. The molecular formula is C17H26N4O2. The van der Waals surface area contributed by atoms with Gasteiger partial charge in [-0.25, -0.2) is 4.98 Å². The van der Waals surface area contributed by atoms with Crippen molar-refractivity contribution in [3.8, 4) is 0 Å². The average molecular weight is 318 g/mol. The number of aryl methyl sites for hydroxylation is 1. The Morgan fingerprint density at radius 1 is 1.35 bits per heavy atom. The van der Waals surface area contributed by atoms with Gasteiger partial charge in [-0.05, 0) is 18.8 Å². The maximum absolute atomic E-state index is 12.6. The number of nitrogens with zero attached hydrogens (tertiary/aromatic N) is 4. The Balaban J connectivity index is 1.42. The number of hydrogen-bond acceptors (Lipinski definition) is 4. The van der Waals surface area contributed by atoms with Crippen LogP contribution in [0.5, 0.6) is 0 Å². The molecule has 0 bridgehead atoms. The molecule has 23 heavy (non-hydrogen) atoms. The van der Waals surface area contributed by atoms with Crippen molar-refractivity contribution in [2.24, 2.45) is 13.0 Å². The number of morpholine rings is 1. The molecule has 126 valence electrons. The Kier molecular flexibility index (Phi) is 4.11. The molecule has 2 aliphatic heterocycles. The molecule has 1 aliphatic carbocycles. The number of carbonyl (C=O) groups is 1. The lowest BCUT2D eigenvalue weighted by molar-refractivity contribution is -0.0516. The predicted molar refractivity (Wildman–Crippen MR) is 86.2 cm³/mol. The summed E-state index contributed by atoms with van der Waals surface area (Å²) < 4.78 is 7.78. The third-order valence-electron chi connectivity index (χ3n) is 5.60. The van der Waals surface area contributed by atoms with Gasteiger partial charge in [-0.1, -0.05) is 12.8 Å². The maximum Gasteiger partial charge on any atom is 0.274 e. The van der Waals surface area contributed by atoms with Crippen molar-refractivity contribution in [1.82, 2.24) is 19.4 Å². The molecule has 0 spiro atoms. The highest BCUT2D eigenvalue weighted by Crippen LogP contribution is 2.30. The molecule has 6 nitrogen and oxygen atoms in total. The number of fused-ring (bicyclic) bond motifs is 1. The van der Waals surface area contributed by atoms with Gasteiger partial charge in [0.05, 0.1) is 25.1 Å². The van der Waals surface area contributed by atoms with E-state index in [-0.39, 0.29) is 12.0 Å². The van der Waals surface area contributed by atoms with Gasteiger partial charge in [0.2, 0.25) is 0 Å². The van der Waals surface area contributed by atoms with Crippen LogP contribution in [-0.2, 0) is 11.8 Å². The van der Waals surface area contributed by atoms with Crippen LogP contribution >= 0.6 is 0 Å². The Labute approximate surface area is 137 Å². The van der Waals surface area contributed by atoms with E-state index in [1.807, 2.05) is 16.5 Å². The van der Waals surface area contributed by atoms with E-state index in [4.69, 9.17) is 4.74 Å². The summed E-state index contributed by atoms with van der Waals surface area (Å²) >= 11 is 0. The molecule has 0 N–H and O–H groups in total. The van der Waals surface area contributed by atoms with Gasteiger partial charge in [-0.3, -0.25) is 9.69 Å². The van der Waals surface area contributed by atoms with Gasteiger partial charge >= 0.3 is 0 Å². The lowest BCUT2D eigenvalue weighted by Crippen LogP contribution is -2.52. The quantitative estimate of drug-likeness (QED) is 0.838. The first-order valence-electron chi connectivity index (χ1n) is 8.83. The fourth-order valence-corrected chi connectivity index (χ4v) is 4.36.